The molecular formula is C11H12IN3O. The average Bonchev–Trinajstić information content (AvgIpc) is 2.65. The highest BCUT2D eigenvalue weighted by atomic mass is 127. The minimum atomic E-state index is 0.0429. The van der Waals surface area contributed by atoms with E-state index in [4.69, 9.17) is 10.3 Å². The standard InChI is InChI=1S/C11H12IN3O/c1-7(13)5-10-14-11(16-15-10)8-3-2-4-9(12)6-8/h2-4,6-7H,5,13H2,1H3. The van der Waals surface area contributed by atoms with Crippen LogP contribution in [0.15, 0.2) is 28.8 Å². The third kappa shape index (κ3) is 2.79. The molecule has 2 aromatic rings. The van der Waals surface area contributed by atoms with E-state index in [0.717, 1.165) is 9.13 Å². The van der Waals surface area contributed by atoms with Crippen molar-refractivity contribution in [1.29, 1.82) is 0 Å². The van der Waals surface area contributed by atoms with E-state index in [0.29, 0.717) is 18.1 Å². The molecule has 0 spiro atoms. The van der Waals surface area contributed by atoms with Crippen molar-refractivity contribution in [2.24, 2.45) is 5.73 Å². The minimum absolute atomic E-state index is 0.0429. The summed E-state index contributed by atoms with van der Waals surface area (Å²) < 4.78 is 6.33. The Kier molecular flexibility index (Phi) is 3.55. The fraction of sp³-hybridized carbons (Fsp3) is 0.273. The summed E-state index contributed by atoms with van der Waals surface area (Å²) in [6.45, 7) is 1.92. The lowest BCUT2D eigenvalue weighted by Gasteiger charge is -1.97. The van der Waals surface area contributed by atoms with Crippen LogP contribution < -0.4 is 5.73 Å². The fourth-order valence-electron chi connectivity index (χ4n) is 1.36. The number of halogens is 1. The second kappa shape index (κ2) is 4.92. The molecule has 2 N–H and O–H groups in total. The molecular weight excluding hydrogens is 317 g/mol. The molecule has 5 heteroatoms. The number of benzene rings is 1. The van der Waals surface area contributed by atoms with Gasteiger partial charge in [-0.3, -0.25) is 0 Å². The largest absolute Gasteiger partial charge is 0.334 e. The van der Waals surface area contributed by atoms with E-state index in [1.807, 2.05) is 31.2 Å². The second-order valence-electron chi connectivity index (χ2n) is 3.71. The Labute approximate surface area is 107 Å². The molecule has 0 aliphatic carbocycles. The van der Waals surface area contributed by atoms with Crippen molar-refractivity contribution < 1.29 is 4.52 Å². The van der Waals surface area contributed by atoms with Gasteiger partial charge in [-0.15, -0.1) is 0 Å². The number of nitrogens with zero attached hydrogens (tertiary/aromatic N) is 2. The Balaban J connectivity index is 2.24. The Morgan fingerprint density at radius 1 is 1.50 bits per heavy atom. The smallest absolute Gasteiger partial charge is 0.257 e. The van der Waals surface area contributed by atoms with Gasteiger partial charge in [0.25, 0.3) is 5.89 Å². The molecule has 0 fully saturated rings. The highest BCUT2D eigenvalue weighted by molar-refractivity contribution is 14.1. The van der Waals surface area contributed by atoms with Crippen molar-refractivity contribution in [1.82, 2.24) is 10.1 Å². The van der Waals surface area contributed by atoms with Gasteiger partial charge in [0.15, 0.2) is 5.82 Å². The quantitative estimate of drug-likeness (QED) is 0.877. The lowest BCUT2D eigenvalue weighted by atomic mass is 10.2. The van der Waals surface area contributed by atoms with E-state index in [1.54, 1.807) is 0 Å². The first-order valence-corrected chi connectivity index (χ1v) is 6.07. The maximum atomic E-state index is 5.67. The van der Waals surface area contributed by atoms with Gasteiger partial charge in [0.1, 0.15) is 0 Å². The topological polar surface area (TPSA) is 64.9 Å². The molecule has 0 radical (unpaired) electrons. The first-order chi connectivity index (χ1) is 7.65. The van der Waals surface area contributed by atoms with Crippen LogP contribution in [0.25, 0.3) is 11.5 Å². The van der Waals surface area contributed by atoms with Crippen LogP contribution in [0.4, 0.5) is 0 Å². The van der Waals surface area contributed by atoms with Crippen LogP contribution >= 0.6 is 22.6 Å². The Hall–Kier alpha value is -0.950. The lowest BCUT2D eigenvalue weighted by Crippen LogP contribution is -2.18. The van der Waals surface area contributed by atoms with E-state index < -0.39 is 0 Å². The first kappa shape index (κ1) is 11.5. The van der Waals surface area contributed by atoms with Crippen molar-refractivity contribution in [3.8, 4) is 11.5 Å². The summed E-state index contributed by atoms with van der Waals surface area (Å²) in [6, 6.07) is 7.98. The summed E-state index contributed by atoms with van der Waals surface area (Å²) in [4.78, 5) is 4.30. The number of rotatable bonds is 3. The molecule has 1 unspecified atom stereocenters. The lowest BCUT2D eigenvalue weighted by molar-refractivity contribution is 0.420. The zero-order valence-electron chi connectivity index (χ0n) is 8.85. The van der Waals surface area contributed by atoms with Crippen molar-refractivity contribution in [3.05, 3.63) is 33.7 Å². The average molecular weight is 329 g/mol. The minimum Gasteiger partial charge on any atom is -0.334 e. The van der Waals surface area contributed by atoms with Crippen LogP contribution in [0.1, 0.15) is 12.7 Å². The van der Waals surface area contributed by atoms with Gasteiger partial charge in [-0.2, -0.15) is 4.98 Å². The van der Waals surface area contributed by atoms with Gasteiger partial charge >= 0.3 is 0 Å². The van der Waals surface area contributed by atoms with Crippen LogP contribution in [-0.4, -0.2) is 16.2 Å². The number of nitrogens with two attached hydrogens (primary N) is 1. The van der Waals surface area contributed by atoms with Crippen molar-refractivity contribution in [2.45, 2.75) is 19.4 Å². The molecule has 1 atom stereocenters. The predicted octanol–water partition coefficient (Wildman–Crippen LogP) is 2.23. The van der Waals surface area contributed by atoms with Crippen LogP contribution in [0, 0.1) is 3.57 Å². The summed E-state index contributed by atoms with van der Waals surface area (Å²) in [7, 11) is 0. The molecule has 16 heavy (non-hydrogen) atoms. The summed E-state index contributed by atoms with van der Waals surface area (Å²) in [5, 5.41) is 3.89. The van der Waals surface area contributed by atoms with Crippen molar-refractivity contribution in [2.75, 3.05) is 0 Å². The monoisotopic (exact) mass is 329 g/mol. The summed E-state index contributed by atoms with van der Waals surface area (Å²) in [5.41, 5.74) is 6.61. The van der Waals surface area contributed by atoms with E-state index >= 15 is 0 Å². The Morgan fingerprint density at radius 2 is 2.31 bits per heavy atom. The van der Waals surface area contributed by atoms with Crippen LogP contribution in [0.2, 0.25) is 0 Å². The third-order valence-corrected chi connectivity index (χ3v) is 2.72. The molecule has 4 nitrogen and oxygen atoms in total. The van der Waals surface area contributed by atoms with Gasteiger partial charge in [0.05, 0.1) is 0 Å². The Bertz CT molecular complexity index is 482. The van der Waals surface area contributed by atoms with Gasteiger partial charge in [-0.05, 0) is 47.7 Å². The molecule has 0 aliphatic heterocycles. The molecule has 0 saturated heterocycles. The molecule has 84 valence electrons. The molecule has 1 aromatic carbocycles. The summed E-state index contributed by atoms with van der Waals surface area (Å²) >= 11 is 2.25. The normalized spacial score (nSPS) is 12.7. The number of hydrogen-bond donors (Lipinski definition) is 1. The zero-order valence-corrected chi connectivity index (χ0v) is 11.0. The van der Waals surface area contributed by atoms with Gasteiger partial charge in [0.2, 0.25) is 0 Å². The van der Waals surface area contributed by atoms with Gasteiger partial charge in [-0.25, -0.2) is 0 Å². The molecule has 0 amide bonds. The van der Waals surface area contributed by atoms with E-state index in [1.165, 1.54) is 0 Å². The summed E-state index contributed by atoms with van der Waals surface area (Å²) in [5.74, 6) is 1.21. The highest BCUT2D eigenvalue weighted by Crippen LogP contribution is 2.19. The predicted molar refractivity (Wildman–Crippen MR) is 69.8 cm³/mol. The first-order valence-electron chi connectivity index (χ1n) is 4.99. The van der Waals surface area contributed by atoms with E-state index in [2.05, 4.69) is 32.7 Å². The van der Waals surface area contributed by atoms with Gasteiger partial charge in [-0.1, -0.05) is 11.2 Å². The van der Waals surface area contributed by atoms with Crippen LogP contribution in [0.3, 0.4) is 0 Å². The van der Waals surface area contributed by atoms with Gasteiger partial charge < -0.3 is 10.3 Å². The second-order valence-corrected chi connectivity index (χ2v) is 4.95. The zero-order chi connectivity index (χ0) is 11.5. The van der Waals surface area contributed by atoms with E-state index in [9.17, 15) is 0 Å². The highest BCUT2D eigenvalue weighted by Gasteiger charge is 2.10. The van der Waals surface area contributed by atoms with E-state index in [-0.39, 0.29) is 6.04 Å². The maximum absolute atomic E-state index is 5.67. The molecule has 0 aliphatic rings. The summed E-state index contributed by atoms with van der Waals surface area (Å²) in [6.07, 6.45) is 0.632. The Morgan fingerprint density at radius 3 is 3.00 bits per heavy atom. The van der Waals surface area contributed by atoms with Crippen molar-refractivity contribution in [3.63, 3.8) is 0 Å². The SMILES string of the molecule is CC(N)Cc1noc(-c2cccc(I)c2)n1. The van der Waals surface area contributed by atoms with Gasteiger partial charge in [0, 0.05) is 21.6 Å². The molecule has 1 heterocycles. The van der Waals surface area contributed by atoms with Crippen LogP contribution in [0.5, 0.6) is 0 Å². The molecule has 1 aromatic heterocycles. The number of aromatic nitrogens is 2. The molecule has 0 bridgehead atoms. The maximum Gasteiger partial charge on any atom is 0.257 e. The fourth-order valence-corrected chi connectivity index (χ4v) is 1.91. The third-order valence-electron chi connectivity index (χ3n) is 2.04. The molecule has 0 saturated carbocycles. The van der Waals surface area contributed by atoms with Crippen LogP contribution in [-0.2, 0) is 6.42 Å². The molecule has 2 rings (SSSR count). The van der Waals surface area contributed by atoms with Crippen molar-refractivity contribution >= 4 is 22.6 Å². The number of hydrogen-bond acceptors (Lipinski definition) is 4.